The molecule has 0 aliphatic carbocycles. The molecule has 0 fully saturated rings. The van der Waals surface area contributed by atoms with E-state index in [2.05, 4.69) is 10.3 Å². The summed E-state index contributed by atoms with van der Waals surface area (Å²) in [5, 5.41) is 2.51. The lowest BCUT2D eigenvalue weighted by molar-refractivity contribution is -0.137. The molecule has 1 amide bonds. The molecule has 0 bridgehead atoms. The van der Waals surface area contributed by atoms with Crippen molar-refractivity contribution in [1.29, 1.82) is 0 Å². The molecule has 3 N–H and O–H groups in total. The van der Waals surface area contributed by atoms with Crippen LogP contribution in [-0.2, 0) is 12.7 Å². The molecule has 0 radical (unpaired) electrons. The lowest BCUT2D eigenvalue weighted by Gasteiger charge is -2.09. The second-order valence-electron chi connectivity index (χ2n) is 5.51. The van der Waals surface area contributed by atoms with Gasteiger partial charge >= 0.3 is 6.18 Å². The number of anilines is 1. The summed E-state index contributed by atoms with van der Waals surface area (Å²) in [6.07, 6.45) is -3.26. The van der Waals surface area contributed by atoms with Gasteiger partial charge in [0.1, 0.15) is 6.26 Å². The zero-order valence-electron chi connectivity index (χ0n) is 13.4. The summed E-state index contributed by atoms with van der Waals surface area (Å²) in [5.41, 5.74) is 6.39. The lowest BCUT2D eigenvalue weighted by atomic mass is 10.1. The van der Waals surface area contributed by atoms with Crippen LogP contribution in [0.3, 0.4) is 0 Å². The first-order valence-corrected chi connectivity index (χ1v) is 7.59. The van der Waals surface area contributed by atoms with Crippen LogP contribution in [0, 0.1) is 0 Å². The number of para-hydroxylation sites is 1. The number of alkyl halides is 3. The molecule has 8 heteroatoms. The molecule has 0 unspecified atom stereocenters. The number of halogens is 3. The topological polar surface area (TPSA) is 81.1 Å². The maximum atomic E-state index is 12.7. The number of rotatable bonds is 4. The number of hydrogen-bond donors (Lipinski definition) is 2. The van der Waals surface area contributed by atoms with Gasteiger partial charge in [0.2, 0.25) is 5.89 Å². The third-order valence-corrected chi connectivity index (χ3v) is 3.64. The summed E-state index contributed by atoms with van der Waals surface area (Å²) in [6.45, 7) is -0.0710. The van der Waals surface area contributed by atoms with Gasteiger partial charge in [-0.25, -0.2) is 4.98 Å². The number of aromatic nitrogens is 1. The van der Waals surface area contributed by atoms with E-state index in [0.717, 1.165) is 12.1 Å². The summed E-state index contributed by atoms with van der Waals surface area (Å²) in [4.78, 5) is 16.2. The minimum absolute atomic E-state index is 0.00947. The maximum Gasteiger partial charge on any atom is 0.416 e. The molecule has 5 nitrogen and oxygen atoms in total. The van der Waals surface area contributed by atoms with Crippen molar-refractivity contribution in [2.24, 2.45) is 0 Å². The Morgan fingerprint density at radius 2 is 1.92 bits per heavy atom. The number of nitrogens with zero attached hydrogens (tertiary/aromatic N) is 1. The molecule has 3 aromatic rings. The van der Waals surface area contributed by atoms with Gasteiger partial charge in [0.15, 0.2) is 5.69 Å². The van der Waals surface area contributed by atoms with E-state index in [0.29, 0.717) is 16.8 Å². The van der Waals surface area contributed by atoms with Gasteiger partial charge in [-0.3, -0.25) is 4.79 Å². The summed E-state index contributed by atoms with van der Waals surface area (Å²) in [7, 11) is 0. The standard InChI is InChI=1S/C18H14F3N3O2/c19-18(20,21)12-5-3-4-11(8-12)9-23-16(25)15-10-26-17(24-15)13-6-1-2-7-14(13)22/h1-8,10H,9,22H2,(H,23,25). The number of carbonyl (C=O) groups excluding carboxylic acids is 1. The van der Waals surface area contributed by atoms with Crippen LogP contribution in [0.25, 0.3) is 11.5 Å². The molecule has 0 aliphatic heterocycles. The van der Waals surface area contributed by atoms with Crippen molar-refractivity contribution in [3.63, 3.8) is 0 Å². The van der Waals surface area contributed by atoms with Crippen LogP contribution in [0.4, 0.5) is 18.9 Å². The van der Waals surface area contributed by atoms with E-state index >= 15 is 0 Å². The van der Waals surface area contributed by atoms with E-state index in [1.165, 1.54) is 18.4 Å². The first-order valence-electron chi connectivity index (χ1n) is 7.59. The van der Waals surface area contributed by atoms with Gasteiger partial charge in [0.05, 0.1) is 11.1 Å². The second kappa shape index (κ2) is 6.91. The van der Waals surface area contributed by atoms with E-state index in [1.807, 2.05) is 0 Å². The number of carbonyl (C=O) groups is 1. The SMILES string of the molecule is Nc1ccccc1-c1nc(C(=O)NCc2cccc(C(F)(F)F)c2)co1. The molecule has 2 aromatic carbocycles. The van der Waals surface area contributed by atoms with E-state index in [1.54, 1.807) is 24.3 Å². The second-order valence-corrected chi connectivity index (χ2v) is 5.51. The first kappa shape index (κ1) is 17.5. The smallest absolute Gasteiger partial charge is 0.416 e. The van der Waals surface area contributed by atoms with Crippen molar-refractivity contribution in [2.45, 2.75) is 12.7 Å². The average molecular weight is 361 g/mol. The Labute approximate surface area is 146 Å². The van der Waals surface area contributed by atoms with E-state index in [-0.39, 0.29) is 18.1 Å². The van der Waals surface area contributed by atoms with Gasteiger partial charge in [0.25, 0.3) is 5.91 Å². The minimum atomic E-state index is -4.43. The molecule has 3 rings (SSSR count). The van der Waals surface area contributed by atoms with Gasteiger partial charge in [-0.05, 0) is 29.8 Å². The number of nitrogen functional groups attached to an aromatic ring is 1. The number of benzene rings is 2. The number of nitrogens with two attached hydrogens (primary N) is 1. The Bertz CT molecular complexity index is 935. The van der Waals surface area contributed by atoms with Crippen molar-refractivity contribution in [3.8, 4) is 11.5 Å². The monoisotopic (exact) mass is 361 g/mol. The van der Waals surface area contributed by atoms with Gasteiger partial charge in [-0.2, -0.15) is 13.2 Å². The van der Waals surface area contributed by atoms with Gasteiger partial charge < -0.3 is 15.5 Å². The Morgan fingerprint density at radius 3 is 2.65 bits per heavy atom. The largest absolute Gasteiger partial charge is 0.444 e. The summed E-state index contributed by atoms with van der Waals surface area (Å²) < 4.78 is 43.4. The fourth-order valence-corrected chi connectivity index (χ4v) is 2.32. The number of oxazole rings is 1. The lowest BCUT2D eigenvalue weighted by Crippen LogP contribution is -2.23. The molecule has 1 heterocycles. The molecule has 0 aliphatic rings. The highest BCUT2D eigenvalue weighted by Gasteiger charge is 2.30. The fourth-order valence-electron chi connectivity index (χ4n) is 2.32. The molecule has 0 saturated heterocycles. The molecule has 0 saturated carbocycles. The Hall–Kier alpha value is -3.29. The van der Waals surface area contributed by atoms with Gasteiger partial charge in [-0.15, -0.1) is 0 Å². The maximum absolute atomic E-state index is 12.7. The van der Waals surface area contributed by atoms with Crippen LogP contribution in [0.5, 0.6) is 0 Å². The zero-order valence-corrected chi connectivity index (χ0v) is 13.4. The normalized spacial score (nSPS) is 11.3. The molecule has 26 heavy (non-hydrogen) atoms. The van der Waals surface area contributed by atoms with Crippen molar-refractivity contribution in [3.05, 3.63) is 71.6 Å². The highest BCUT2D eigenvalue weighted by molar-refractivity contribution is 5.92. The molecular weight excluding hydrogens is 347 g/mol. The van der Waals surface area contributed by atoms with Gasteiger partial charge in [-0.1, -0.05) is 24.3 Å². The number of hydrogen-bond acceptors (Lipinski definition) is 4. The Balaban J connectivity index is 1.69. The predicted octanol–water partition coefficient (Wildman–Crippen LogP) is 3.87. The fraction of sp³-hybridized carbons (Fsp3) is 0.111. The van der Waals surface area contributed by atoms with E-state index < -0.39 is 17.6 Å². The van der Waals surface area contributed by atoms with Crippen molar-refractivity contribution in [1.82, 2.24) is 10.3 Å². The van der Waals surface area contributed by atoms with Crippen LogP contribution in [0.1, 0.15) is 21.6 Å². The first-order chi connectivity index (χ1) is 12.3. The third kappa shape index (κ3) is 3.85. The van der Waals surface area contributed by atoms with E-state index in [9.17, 15) is 18.0 Å². The Kier molecular flexibility index (Phi) is 4.66. The molecule has 0 atom stereocenters. The summed E-state index contributed by atoms with van der Waals surface area (Å²) >= 11 is 0. The van der Waals surface area contributed by atoms with Crippen molar-refractivity contribution < 1.29 is 22.4 Å². The van der Waals surface area contributed by atoms with Crippen molar-refractivity contribution in [2.75, 3.05) is 5.73 Å². The molecular formula is C18H14F3N3O2. The number of amides is 1. The Morgan fingerprint density at radius 1 is 1.15 bits per heavy atom. The molecule has 134 valence electrons. The number of nitrogens with one attached hydrogen (secondary N) is 1. The third-order valence-electron chi connectivity index (χ3n) is 3.64. The molecule has 0 spiro atoms. The zero-order chi connectivity index (χ0) is 18.7. The van der Waals surface area contributed by atoms with Crippen LogP contribution in [0.2, 0.25) is 0 Å². The van der Waals surface area contributed by atoms with E-state index in [4.69, 9.17) is 10.2 Å². The minimum Gasteiger partial charge on any atom is -0.444 e. The predicted molar refractivity (Wildman–Crippen MR) is 89.0 cm³/mol. The quantitative estimate of drug-likeness (QED) is 0.691. The summed E-state index contributed by atoms with van der Waals surface area (Å²) in [5.74, 6) is -0.376. The average Bonchev–Trinajstić information content (AvgIpc) is 3.09. The van der Waals surface area contributed by atoms with Crippen LogP contribution in [-0.4, -0.2) is 10.9 Å². The summed E-state index contributed by atoms with van der Waals surface area (Å²) in [6, 6.07) is 11.6. The van der Waals surface area contributed by atoms with Crippen molar-refractivity contribution >= 4 is 11.6 Å². The van der Waals surface area contributed by atoms with Crippen LogP contribution >= 0.6 is 0 Å². The van der Waals surface area contributed by atoms with Gasteiger partial charge in [0, 0.05) is 12.2 Å². The highest BCUT2D eigenvalue weighted by Crippen LogP contribution is 2.29. The highest BCUT2D eigenvalue weighted by atomic mass is 19.4. The van der Waals surface area contributed by atoms with Crippen LogP contribution in [0.15, 0.2) is 59.2 Å². The van der Waals surface area contributed by atoms with Crippen LogP contribution < -0.4 is 11.1 Å². The molecule has 1 aromatic heterocycles.